The van der Waals surface area contributed by atoms with Gasteiger partial charge in [0.15, 0.2) is 0 Å². The molecule has 78 valence electrons. The average Bonchev–Trinajstić information content (AvgIpc) is 2.17. The van der Waals surface area contributed by atoms with Crippen molar-refractivity contribution in [3.63, 3.8) is 0 Å². The van der Waals surface area contributed by atoms with Crippen LogP contribution in [0, 0.1) is 0 Å². The summed E-state index contributed by atoms with van der Waals surface area (Å²) in [6.45, 7) is 1.93. The predicted octanol–water partition coefficient (Wildman–Crippen LogP) is 2.66. The number of rotatable bonds is 2. The normalized spacial score (nSPS) is 8.43. The Labute approximate surface area is 93.1 Å². The Morgan fingerprint density at radius 2 is 2.07 bits per heavy atom. The van der Waals surface area contributed by atoms with Crippen LogP contribution in [0.3, 0.4) is 0 Å². The van der Waals surface area contributed by atoms with Gasteiger partial charge in [-0.1, -0.05) is 36.7 Å². The van der Waals surface area contributed by atoms with Gasteiger partial charge < -0.3 is 5.73 Å². The van der Waals surface area contributed by atoms with E-state index < -0.39 is 6.03 Å². The van der Waals surface area contributed by atoms with E-state index >= 15 is 0 Å². The largest absolute Gasteiger partial charge is 0.351 e. The molecule has 2 amide bonds. The van der Waals surface area contributed by atoms with E-state index in [0.717, 1.165) is 10.8 Å². The molecule has 0 fully saturated rings. The summed E-state index contributed by atoms with van der Waals surface area (Å²) in [5.74, 6) is 0.850. The quantitative estimate of drug-likeness (QED) is 0.771. The van der Waals surface area contributed by atoms with Crippen LogP contribution in [0.25, 0.3) is 0 Å². The summed E-state index contributed by atoms with van der Waals surface area (Å²) in [6, 6.07) is 8.96. The van der Waals surface area contributed by atoms with E-state index in [2.05, 4.69) is 4.72 Å². The van der Waals surface area contributed by atoms with Crippen LogP contribution in [0.5, 0.6) is 0 Å². The zero-order chi connectivity index (χ0) is 10.8. The van der Waals surface area contributed by atoms with Gasteiger partial charge in [-0.25, -0.2) is 4.79 Å². The number of carbonyl (C=O) groups excluding carboxylic acids is 1. The first-order valence-corrected chi connectivity index (χ1v) is 5.41. The van der Waals surface area contributed by atoms with Gasteiger partial charge >= 0.3 is 6.03 Å². The van der Waals surface area contributed by atoms with Crippen LogP contribution in [0.2, 0.25) is 5.02 Å². The van der Waals surface area contributed by atoms with Crippen LogP contribution in [-0.2, 0) is 0 Å². The molecule has 0 bridgehead atoms. The van der Waals surface area contributed by atoms with Gasteiger partial charge in [-0.05, 0) is 24.1 Å². The fourth-order valence-electron chi connectivity index (χ4n) is 0.558. The number of nitrogens with two attached hydrogens (primary N) is 1. The van der Waals surface area contributed by atoms with E-state index in [1.807, 2.05) is 37.3 Å². The van der Waals surface area contributed by atoms with Crippen molar-refractivity contribution in [1.29, 1.82) is 0 Å². The number of primary amides is 1. The molecule has 3 N–H and O–H groups in total. The molecule has 0 atom stereocenters. The van der Waals surface area contributed by atoms with E-state index in [4.69, 9.17) is 17.3 Å². The van der Waals surface area contributed by atoms with Gasteiger partial charge in [-0.3, -0.25) is 4.72 Å². The first kappa shape index (κ1) is 13.1. The van der Waals surface area contributed by atoms with E-state index in [0.29, 0.717) is 0 Å². The van der Waals surface area contributed by atoms with E-state index in [1.54, 1.807) is 0 Å². The summed E-state index contributed by atoms with van der Waals surface area (Å²) in [5.41, 5.74) is 4.71. The first-order chi connectivity index (χ1) is 6.66. The topological polar surface area (TPSA) is 55.1 Å². The molecule has 5 heteroatoms. The lowest BCUT2D eigenvalue weighted by Crippen LogP contribution is -2.22. The van der Waals surface area contributed by atoms with Gasteiger partial charge in [0.2, 0.25) is 0 Å². The first-order valence-electron chi connectivity index (χ1n) is 4.04. The van der Waals surface area contributed by atoms with Crippen molar-refractivity contribution >= 4 is 29.6 Å². The van der Waals surface area contributed by atoms with Crippen LogP contribution >= 0.6 is 23.5 Å². The number of halogens is 1. The molecular weight excluding hydrogens is 220 g/mol. The second-order valence-electron chi connectivity index (χ2n) is 2.19. The van der Waals surface area contributed by atoms with Gasteiger partial charge in [0.1, 0.15) is 0 Å². The smallest absolute Gasteiger partial charge is 0.322 e. The lowest BCUT2D eigenvalue weighted by molar-refractivity contribution is 0.254. The highest BCUT2D eigenvalue weighted by Crippen LogP contribution is 2.03. The Bertz CT molecular complexity index is 256. The molecule has 0 unspecified atom stereocenters. The highest BCUT2D eigenvalue weighted by molar-refractivity contribution is 7.97. The van der Waals surface area contributed by atoms with Gasteiger partial charge in [0.05, 0.1) is 0 Å². The molecule has 1 rings (SSSR count). The molecule has 0 aliphatic heterocycles. The fraction of sp³-hybridized carbons (Fsp3) is 0.222. The molecule has 0 aromatic heterocycles. The molecule has 0 saturated heterocycles. The number of hydrogen-bond donors (Lipinski definition) is 2. The molecule has 0 radical (unpaired) electrons. The molecule has 0 spiro atoms. The predicted molar refractivity (Wildman–Crippen MR) is 62.3 cm³/mol. The lowest BCUT2D eigenvalue weighted by Gasteiger charge is -1.92. The van der Waals surface area contributed by atoms with Crippen LogP contribution in [0.4, 0.5) is 4.79 Å². The lowest BCUT2D eigenvalue weighted by atomic mass is 10.4. The maximum absolute atomic E-state index is 9.85. The van der Waals surface area contributed by atoms with Crippen molar-refractivity contribution in [3.05, 3.63) is 35.4 Å². The van der Waals surface area contributed by atoms with E-state index in [9.17, 15) is 4.79 Å². The Morgan fingerprint density at radius 1 is 1.50 bits per heavy atom. The highest BCUT2D eigenvalue weighted by atomic mass is 35.5. The van der Waals surface area contributed by atoms with Crippen LogP contribution < -0.4 is 10.5 Å². The Morgan fingerprint density at radius 3 is 2.29 bits per heavy atom. The highest BCUT2D eigenvalue weighted by Gasteiger charge is 1.84. The van der Waals surface area contributed by atoms with Crippen molar-refractivity contribution < 1.29 is 4.79 Å². The van der Waals surface area contributed by atoms with Gasteiger partial charge in [-0.15, -0.1) is 0 Å². The minimum absolute atomic E-state index is 0.480. The van der Waals surface area contributed by atoms with Gasteiger partial charge in [0, 0.05) is 10.8 Å². The second-order valence-corrected chi connectivity index (χ2v) is 3.70. The Hall–Kier alpha value is -0.870. The number of carbonyl (C=O) groups is 1. The average molecular weight is 233 g/mol. The van der Waals surface area contributed by atoms with Crippen LogP contribution in [0.1, 0.15) is 6.92 Å². The molecule has 1 aromatic rings. The number of hydrogen-bond acceptors (Lipinski definition) is 2. The SMILES string of the molecule is CCSNC(N)=O.Clc1ccccc1. The van der Waals surface area contributed by atoms with Gasteiger partial charge in [-0.2, -0.15) is 0 Å². The molecule has 0 aliphatic carbocycles. The zero-order valence-corrected chi connectivity index (χ0v) is 9.44. The van der Waals surface area contributed by atoms with Crippen molar-refractivity contribution in [2.75, 3.05) is 5.75 Å². The Kier molecular flexibility index (Phi) is 8.17. The number of benzene rings is 1. The maximum Gasteiger partial charge on any atom is 0.322 e. The summed E-state index contributed by atoms with van der Waals surface area (Å²) in [6.07, 6.45) is 0. The van der Waals surface area contributed by atoms with Crippen molar-refractivity contribution in [3.8, 4) is 0 Å². The van der Waals surface area contributed by atoms with Crippen molar-refractivity contribution in [2.45, 2.75) is 6.92 Å². The summed E-state index contributed by atoms with van der Waals surface area (Å²) >= 11 is 6.83. The van der Waals surface area contributed by atoms with Crippen molar-refractivity contribution in [2.24, 2.45) is 5.73 Å². The van der Waals surface area contributed by atoms with Crippen molar-refractivity contribution in [1.82, 2.24) is 4.72 Å². The summed E-state index contributed by atoms with van der Waals surface area (Å²) in [7, 11) is 0. The molecule has 0 saturated carbocycles. The summed E-state index contributed by atoms with van der Waals surface area (Å²) in [4.78, 5) is 9.85. The minimum Gasteiger partial charge on any atom is -0.351 e. The second kappa shape index (κ2) is 8.72. The monoisotopic (exact) mass is 232 g/mol. The summed E-state index contributed by atoms with van der Waals surface area (Å²) < 4.78 is 2.35. The van der Waals surface area contributed by atoms with Gasteiger partial charge in [0.25, 0.3) is 0 Å². The maximum atomic E-state index is 9.85. The summed E-state index contributed by atoms with van der Waals surface area (Å²) in [5, 5.41) is 0.794. The number of urea groups is 1. The standard InChI is InChI=1S/C6H5Cl.C3H8N2OS/c7-6-4-2-1-3-5-6;1-2-7-5-3(4)6/h1-5H;2H2,1H3,(H3,4,5,6). The third-order valence-corrected chi connectivity index (χ3v) is 1.94. The molecule has 1 aromatic carbocycles. The zero-order valence-electron chi connectivity index (χ0n) is 7.87. The third kappa shape index (κ3) is 9.22. The number of amides is 2. The third-order valence-electron chi connectivity index (χ3n) is 1.05. The molecule has 0 aliphatic rings. The van der Waals surface area contributed by atoms with E-state index in [-0.39, 0.29) is 0 Å². The number of nitrogens with one attached hydrogen (secondary N) is 1. The molecular formula is C9H13ClN2OS. The molecule has 14 heavy (non-hydrogen) atoms. The van der Waals surface area contributed by atoms with Crippen LogP contribution in [0.15, 0.2) is 30.3 Å². The fourth-order valence-corrected chi connectivity index (χ4v) is 0.990. The van der Waals surface area contributed by atoms with Crippen LogP contribution in [-0.4, -0.2) is 11.8 Å². The van der Waals surface area contributed by atoms with E-state index in [1.165, 1.54) is 11.9 Å². The minimum atomic E-state index is -0.480. The molecule has 0 heterocycles. The Balaban J connectivity index is 0.000000241. The molecule has 3 nitrogen and oxygen atoms in total.